The molecule has 1 saturated heterocycles. The minimum absolute atomic E-state index is 0.0609. The molecule has 0 spiro atoms. The van der Waals surface area contributed by atoms with Crippen molar-refractivity contribution in [2.24, 2.45) is 0 Å². The number of fused-ring (bicyclic) bond motifs is 1. The van der Waals surface area contributed by atoms with Gasteiger partial charge in [0, 0.05) is 38.4 Å². The summed E-state index contributed by atoms with van der Waals surface area (Å²) in [7, 11) is 2.07. The number of hydrogen-bond donors (Lipinski definition) is 3. The van der Waals surface area contributed by atoms with E-state index in [4.69, 9.17) is 4.74 Å². The zero-order chi connectivity index (χ0) is 37.2. The zero-order valence-electron chi connectivity index (χ0n) is 30.1. The quantitative estimate of drug-likeness (QED) is 0.168. The maximum atomic E-state index is 14.1. The number of ether oxygens (including phenoxy) is 1. The number of carbonyl (C=O) groups is 4. The van der Waals surface area contributed by atoms with Gasteiger partial charge in [-0.25, -0.2) is 4.79 Å². The van der Waals surface area contributed by atoms with Crippen LogP contribution < -0.4 is 20.9 Å². The van der Waals surface area contributed by atoms with Crippen molar-refractivity contribution in [1.29, 1.82) is 0 Å². The van der Waals surface area contributed by atoms with Crippen molar-refractivity contribution in [2.75, 3.05) is 55.4 Å². The second-order valence-electron chi connectivity index (χ2n) is 13.1. The summed E-state index contributed by atoms with van der Waals surface area (Å²) < 4.78 is 7.90. The highest BCUT2D eigenvalue weighted by atomic mass is 32.1. The molecule has 6 rings (SSSR count). The number of amides is 3. The van der Waals surface area contributed by atoms with Gasteiger partial charge in [-0.2, -0.15) is 9.78 Å². The van der Waals surface area contributed by atoms with Crippen LogP contribution in [0.4, 0.5) is 22.0 Å². The topological polar surface area (TPSA) is 156 Å². The molecule has 4 heterocycles. The van der Waals surface area contributed by atoms with Gasteiger partial charge < -0.3 is 30.5 Å². The number of likely N-dealkylation sites (N-methyl/N-ethyl adjacent to an activating group) is 1. The highest BCUT2D eigenvalue weighted by molar-refractivity contribution is 7.20. The van der Waals surface area contributed by atoms with E-state index in [9.17, 15) is 19.2 Å². The van der Waals surface area contributed by atoms with Gasteiger partial charge in [-0.05, 0) is 77.6 Å². The van der Waals surface area contributed by atoms with E-state index < -0.39 is 23.4 Å². The molecule has 1 aliphatic rings. The van der Waals surface area contributed by atoms with E-state index in [1.807, 2.05) is 64.1 Å². The van der Waals surface area contributed by atoms with Crippen LogP contribution in [0.15, 0.2) is 60.7 Å². The van der Waals surface area contributed by atoms with Crippen molar-refractivity contribution in [3.05, 3.63) is 88.1 Å². The molecule has 52 heavy (non-hydrogen) atoms. The number of rotatable bonds is 10. The van der Waals surface area contributed by atoms with E-state index >= 15 is 0 Å². The first-order valence-electron chi connectivity index (χ1n) is 17.2. The molecule has 14 nitrogen and oxygen atoms in total. The van der Waals surface area contributed by atoms with Crippen LogP contribution in [0.2, 0.25) is 0 Å². The molecule has 3 aromatic heterocycles. The predicted molar refractivity (Wildman–Crippen MR) is 202 cm³/mol. The van der Waals surface area contributed by atoms with Gasteiger partial charge in [0.1, 0.15) is 10.5 Å². The van der Waals surface area contributed by atoms with Gasteiger partial charge in [0.05, 0.1) is 39.4 Å². The Labute approximate surface area is 305 Å². The standard InChI is InChI=1S/C37H43N9O5S/c1-7-45-29(20-23(3)41-45)33(48)38-28-21-25(44-18-16-43(6)17-19-44)14-15-26(28)32(47)39-31-27-22-30(52-35(27)46(42-31)36(50)51-8-2)34(49)40-37(4,5)24-12-10-9-11-13-24/h9-15,20-22H,7-8,16-19H2,1-6H3,(H,38,48)(H,40,49)(H,39,42,47). The first-order valence-corrected chi connectivity index (χ1v) is 18.0. The molecule has 15 heteroatoms. The van der Waals surface area contributed by atoms with Crippen LogP contribution in [-0.2, 0) is 16.8 Å². The third kappa shape index (κ3) is 7.55. The number of benzene rings is 2. The van der Waals surface area contributed by atoms with Gasteiger partial charge in [-0.15, -0.1) is 16.4 Å². The van der Waals surface area contributed by atoms with Crippen molar-refractivity contribution in [3.63, 3.8) is 0 Å². The van der Waals surface area contributed by atoms with E-state index in [-0.39, 0.29) is 23.9 Å². The molecular weight excluding hydrogens is 683 g/mol. The normalized spacial score (nSPS) is 13.6. The number of anilines is 3. The molecule has 0 radical (unpaired) electrons. The van der Waals surface area contributed by atoms with Gasteiger partial charge in [0.25, 0.3) is 17.7 Å². The minimum atomic E-state index is -0.751. The van der Waals surface area contributed by atoms with E-state index in [2.05, 4.69) is 43.0 Å². The van der Waals surface area contributed by atoms with Gasteiger partial charge in [0.15, 0.2) is 5.82 Å². The summed E-state index contributed by atoms with van der Waals surface area (Å²) >= 11 is 1.06. The molecule has 2 aromatic carbocycles. The molecule has 3 amide bonds. The monoisotopic (exact) mass is 725 g/mol. The Hall–Kier alpha value is -5.54. The molecule has 272 valence electrons. The summed E-state index contributed by atoms with van der Waals surface area (Å²) in [5, 5.41) is 18.0. The van der Waals surface area contributed by atoms with E-state index in [1.165, 1.54) is 0 Å². The maximum absolute atomic E-state index is 14.1. The molecule has 5 aromatic rings. The molecule has 1 fully saturated rings. The SMILES string of the molecule is CCOC(=O)n1nc(NC(=O)c2ccc(N3CCN(C)CC3)cc2NC(=O)c2cc(C)nn2CC)c2cc(C(=O)NC(C)(C)c3ccccc3)sc21. The molecular formula is C37H43N9O5S. The number of aryl methyl sites for hydroxylation is 2. The smallest absolute Gasteiger partial charge is 0.436 e. The Bertz CT molecular complexity index is 2130. The van der Waals surface area contributed by atoms with Crippen LogP contribution in [0.25, 0.3) is 10.2 Å². The Balaban J connectivity index is 1.34. The summed E-state index contributed by atoms with van der Waals surface area (Å²) in [5.74, 6) is -1.27. The summed E-state index contributed by atoms with van der Waals surface area (Å²) in [6, 6.07) is 18.2. The third-order valence-electron chi connectivity index (χ3n) is 8.98. The first kappa shape index (κ1) is 36.3. The molecule has 0 unspecified atom stereocenters. The Kier molecular flexibility index (Phi) is 10.4. The van der Waals surface area contributed by atoms with Crippen LogP contribution in [0.5, 0.6) is 0 Å². The van der Waals surface area contributed by atoms with Crippen molar-refractivity contribution in [1.82, 2.24) is 29.8 Å². The number of carbonyl (C=O) groups excluding carboxylic acids is 4. The number of aromatic nitrogens is 4. The van der Waals surface area contributed by atoms with Gasteiger partial charge in [0.2, 0.25) is 0 Å². The fourth-order valence-corrected chi connectivity index (χ4v) is 7.11. The first-order chi connectivity index (χ1) is 24.9. The molecule has 1 aliphatic heterocycles. The van der Waals surface area contributed by atoms with Gasteiger partial charge >= 0.3 is 6.09 Å². The third-order valence-corrected chi connectivity index (χ3v) is 10.1. The summed E-state index contributed by atoms with van der Waals surface area (Å²) in [6.07, 6.45) is -0.751. The molecule has 3 N–H and O–H groups in total. The van der Waals surface area contributed by atoms with Crippen LogP contribution in [-0.4, -0.2) is 88.1 Å². The second kappa shape index (κ2) is 15.0. The maximum Gasteiger partial charge on any atom is 0.436 e. The fraction of sp³-hybridized carbons (Fsp3) is 0.351. The lowest BCUT2D eigenvalue weighted by atomic mass is 9.94. The number of piperazine rings is 1. The van der Waals surface area contributed by atoms with Gasteiger partial charge in [-0.1, -0.05) is 30.3 Å². The Morgan fingerprint density at radius 1 is 0.885 bits per heavy atom. The average molecular weight is 726 g/mol. The van der Waals surface area contributed by atoms with Crippen LogP contribution >= 0.6 is 11.3 Å². The highest BCUT2D eigenvalue weighted by Crippen LogP contribution is 2.34. The largest absolute Gasteiger partial charge is 0.448 e. The Morgan fingerprint density at radius 3 is 2.31 bits per heavy atom. The summed E-state index contributed by atoms with van der Waals surface area (Å²) in [5.41, 5.74) is 2.64. The minimum Gasteiger partial charge on any atom is -0.448 e. The highest BCUT2D eigenvalue weighted by Gasteiger charge is 2.28. The zero-order valence-corrected chi connectivity index (χ0v) is 31.0. The van der Waals surface area contributed by atoms with Crippen molar-refractivity contribution in [3.8, 4) is 0 Å². The lowest BCUT2D eigenvalue weighted by Crippen LogP contribution is -2.44. The summed E-state index contributed by atoms with van der Waals surface area (Å²) in [6.45, 7) is 13.1. The second-order valence-corrected chi connectivity index (χ2v) is 14.2. The number of hydrogen-bond acceptors (Lipinski definition) is 10. The molecule has 0 saturated carbocycles. The number of nitrogens with zero attached hydrogens (tertiary/aromatic N) is 6. The lowest BCUT2D eigenvalue weighted by Gasteiger charge is -2.34. The van der Waals surface area contributed by atoms with Crippen molar-refractivity contribution >= 4 is 62.6 Å². The molecule has 0 atom stereocenters. The number of nitrogens with one attached hydrogen (secondary N) is 3. The summed E-state index contributed by atoms with van der Waals surface area (Å²) in [4.78, 5) is 59.4. The molecule has 0 aliphatic carbocycles. The van der Waals surface area contributed by atoms with Crippen molar-refractivity contribution < 1.29 is 23.9 Å². The molecule has 0 bridgehead atoms. The van der Waals surface area contributed by atoms with E-state index in [0.29, 0.717) is 38.7 Å². The van der Waals surface area contributed by atoms with Crippen LogP contribution in [0.3, 0.4) is 0 Å². The average Bonchev–Trinajstić information content (AvgIpc) is 3.83. The predicted octanol–water partition coefficient (Wildman–Crippen LogP) is 5.55. The Morgan fingerprint density at radius 2 is 1.62 bits per heavy atom. The lowest BCUT2D eigenvalue weighted by molar-refractivity contribution is 0.0915. The van der Waals surface area contributed by atoms with E-state index in [0.717, 1.165) is 53.4 Å². The van der Waals surface area contributed by atoms with Crippen LogP contribution in [0.1, 0.15) is 69.5 Å². The van der Waals surface area contributed by atoms with Gasteiger partial charge in [-0.3, -0.25) is 19.1 Å². The van der Waals surface area contributed by atoms with Crippen LogP contribution in [0, 0.1) is 6.92 Å². The van der Waals surface area contributed by atoms with Crippen molar-refractivity contribution in [2.45, 2.75) is 46.7 Å². The number of thiophene rings is 1. The fourth-order valence-electron chi connectivity index (χ4n) is 6.12. The van der Waals surface area contributed by atoms with E-state index in [1.54, 1.807) is 35.9 Å².